The largest absolute Gasteiger partial charge is 0.384 e. The minimum Gasteiger partial charge on any atom is -0.384 e. The molecule has 6 nitrogen and oxygen atoms in total. The summed E-state index contributed by atoms with van der Waals surface area (Å²) in [4.78, 5) is 25.4. The van der Waals surface area contributed by atoms with Gasteiger partial charge >= 0.3 is 0 Å². The highest BCUT2D eigenvalue weighted by Gasteiger charge is 2.52. The van der Waals surface area contributed by atoms with Gasteiger partial charge in [0.25, 0.3) is 0 Å². The first-order chi connectivity index (χ1) is 10.7. The molecule has 0 unspecified atom stereocenters. The molecular weight excluding hydrogens is 280 g/mol. The van der Waals surface area contributed by atoms with Crippen molar-refractivity contribution in [3.05, 3.63) is 18.5 Å². The molecule has 2 aliphatic rings. The van der Waals surface area contributed by atoms with Crippen LogP contribution in [0.2, 0.25) is 0 Å². The minimum atomic E-state index is -0.00343. The van der Waals surface area contributed by atoms with E-state index in [0.717, 1.165) is 45.0 Å². The van der Waals surface area contributed by atoms with Crippen LogP contribution >= 0.6 is 0 Å². The average Bonchev–Trinajstić information content (AvgIpc) is 2.82. The van der Waals surface area contributed by atoms with E-state index < -0.39 is 0 Å². The predicted molar refractivity (Wildman–Crippen MR) is 83.5 cm³/mol. The highest BCUT2D eigenvalue weighted by atomic mass is 16.5. The standard InChI is InChI=1S/C16H24N4O2/c1-3-19-12-16(13(11-22-2)14(19)21)5-9-20(10-6-16)15-17-7-4-8-18-15/h4,7-8,13H,3,5-6,9-12H2,1-2H3/t13-/m1/s1. The van der Waals surface area contributed by atoms with Crippen molar-refractivity contribution in [2.24, 2.45) is 11.3 Å². The zero-order chi connectivity index (χ0) is 15.6. The SMILES string of the molecule is CCN1CC2(CCN(c3ncccn3)CC2)[C@H](COC)C1=O. The van der Waals surface area contributed by atoms with E-state index in [9.17, 15) is 4.79 Å². The number of aromatic nitrogens is 2. The number of likely N-dealkylation sites (tertiary alicyclic amines) is 1. The van der Waals surface area contributed by atoms with Crippen molar-refractivity contribution in [2.75, 3.05) is 44.8 Å². The lowest BCUT2D eigenvalue weighted by atomic mass is 9.71. The molecule has 2 aliphatic heterocycles. The molecular formula is C16H24N4O2. The first-order valence-corrected chi connectivity index (χ1v) is 8.00. The average molecular weight is 304 g/mol. The van der Waals surface area contributed by atoms with Gasteiger partial charge in [-0.25, -0.2) is 9.97 Å². The van der Waals surface area contributed by atoms with Gasteiger partial charge in [0.2, 0.25) is 11.9 Å². The van der Waals surface area contributed by atoms with Gasteiger partial charge in [-0.3, -0.25) is 4.79 Å². The zero-order valence-electron chi connectivity index (χ0n) is 13.4. The van der Waals surface area contributed by atoms with Crippen molar-refractivity contribution >= 4 is 11.9 Å². The zero-order valence-corrected chi connectivity index (χ0v) is 13.4. The van der Waals surface area contributed by atoms with Crippen LogP contribution in [-0.2, 0) is 9.53 Å². The van der Waals surface area contributed by atoms with Gasteiger partial charge in [-0.1, -0.05) is 0 Å². The van der Waals surface area contributed by atoms with Gasteiger partial charge < -0.3 is 14.5 Å². The molecule has 0 aromatic carbocycles. The Morgan fingerprint density at radius 3 is 2.59 bits per heavy atom. The maximum atomic E-state index is 12.6. The summed E-state index contributed by atoms with van der Waals surface area (Å²) in [6.45, 7) is 6.02. The number of ether oxygens (including phenoxy) is 1. The van der Waals surface area contributed by atoms with Gasteiger partial charge in [-0.05, 0) is 25.8 Å². The van der Waals surface area contributed by atoms with E-state index in [0.29, 0.717) is 6.61 Å². The lowest BCUT2D eigenvalue weighted by molar-refractivity contribution is -0.133. The van der Waals surface area contributed by atoms with Crippen LogP contribution in [-0.4, -0.2) is 60.7 Å². The molecule has 0 aliphatic carbocycles. The summed E-state index contributed by atoms with van der Waals surface area (Å²) in [6.07, 6.45) is 5.53. The lowest BCUT2D eigenvalue weighted by Gasteiger charge is -2.41. The van der Waals surface area contributed by atoms with Crippen molar-refractivity contribution in [2.45, 2.75) is 19.8 Å². The number of hydrogen-bond acceptors (Lipinski definition) is 5. The third kappa shape index (κ3) is 2.56. The van der Waals surface area contributed by atoms with Gasteiger partial charge in [0.1, 0.15) is 0 Å². The molecule has 1 aromatic heterocycles. The molecule has 2 fully saturated rings. The maximum absolute atomic E-state index is 12.6. The molecule has 0 N–H and O–H groups in total. The van der Waals surface area contributed by atoms with Crippen molar-refractivity contribution in [3.63, 3.8) is 0 Å². The highest BCUT2D eigenvalue weighted by Crippen LogP contribution is 2.45. The normalized spacial score (nSPS) is 24.3. The van der Waals surface area contributed by atoms with Crippen LogP contribution in [0, 0.1) is 11.3 Å². The first-order valence-electron chi connectivity index (χ1n) is 8.00. The lowest BCUT2D eigenvalue weighted by Crippen LogP contribution is -2.46. The summed E-state index contributed by atoms with van der Waals surface area (Å²) >= 11 is 0. The minimum absolute atomic E-state index is 0.00343. The molecule has 1 atom stereocenters. The number of carbonyl (C=O) groups excluding carboxylic acids is 1. The second-order valence-electron chi connectivity index (χ2n) is 6.26. The molecule has 2 saturated heterocycles. The number of methoxy groups -OCH3 is 1. The molecule has 0 saturated carbocycles. The summed E-state index contributed by atoms with van der Waals surface area (Å²) in [5.41, 5.74) is 0.0500. The number of hydrogen-bond donors (Lipinski definition) is 0. The number of nitrogens with zero attached hydrogens (tertiary/aromatic N) is 4. The van der Waals surface area contributed by atoms with Gasteiger partial charge in [0, 0.05) is 51.1 Å². The second-order valence-corrected chi connectivity index (χ2v) is 6.26. The Morgan fingerprint density at radius 2 is 2.00 bits per heavy atom. The topological polar surface area (TPSA) is 58.6 Å². The Hall–Kier alpha value is -1.69. The van der Waals surface area contributed by atoms with E-state index in [1.54, 1.807) is 19.5 Å². The van der Waals surface area contributed by atoms with Crippen LogP contribution in [0.3, 0.4) is 0 Å². The maximum Gasteiger partial charge on any atom is 0.228 e. The number of piperidine rings is 1. The van der Waals surface area contributed by atoms with Crippen LogP contribution in [0.5, 0.6) is 0 Å². The predicted octanol–water partition coefficient (Wildman–Crippen LogP) is 1.19. The van der Waals surface area contributed by atoms with Crippen molar-refractivity contribution in [3.8, 4) is 0 Å². The van der Waals surface area contributed by atoms with Gasteiger partial charge in [-0.15, -0.1) is 0 Å². The van der Waals surface area contributed by atoms with E-state index in [4.69, 9.17) is 4.74 Å². The third-order valence-corrected chi connectivity index (χ3v) is 5.16. The molecule has 0 radical (unpaired) electrons. The molecule has 1 aromatic rings. The quantitative estimate of drug-likeness (QED) is 0.836. The third-order valence-electron chi connectivity index (χ3n) is 5.16. The Kier molecular flexibility index (Phi) is 4.29. The van der Waals surface area contributed by atoms with Crippen molar-refractivity contribution in [1.82, 2.24) is 14.9 Å². The molecule has 1 spiro atoms. The number of carbonyl (C=O) groups is 1. The number of rotatable bonds is 4. The Balaban J connectivity index is 1.74. The monoisotopic (exact) mass is 304 g/mol. The number of amides is 1. The Morgan fingerprint density at radius 1 is 1.32 bits per heavy atom. The molecule has 3 heterocycles. The van der Waals surface area contributed by atoms with E-state index in [1.807, 2.05) is 17.9 Å². The second kappa shape index (κ2) is 6.20. The molecule has 22 heavy (non-hydrogen) atoms. The number of anilines is 1. The summed E-state index contributed by atoms with van der Waals surface area (Å²) in [5, 5.41) is 0. The highest BCUT2D eigenvalue weighted by molar-refractivity contribution is 5.82. The van der Waals surface area contributed by atoms with E-state index in [1.165, 1.54) is 0 Å². The Bertz CT molecular complexity index is 514. The van der Waals surface area contributed by atoms with E-state index in [-0.39, 0.29) is 17.2 Å². The van der Waals surface area contributed by atoms with Crippen LogP contribution < -0.4 is 4.90 Å². The summed E-state index contributed by atoms with van der Waals surface area (Å²) < 4.78 is 5.34. The summed E-state index contributed by atoms with van der Waals surface area (Å²) in [5.74, 6) is 1.04. The van der Waals surface area contributed by atoms with E-state index >= 15 is 0 Å². The first kappa shape index (κ1) is 15.2. The molecule has 120 valence electrons. The van der Waals surface area contributed by atoms with E-state index in [2.05, 4.69) is 14.9 Å². The Labute approximate surface area is 131 Å². The van der Waals surface area contributed by atoms with Crippen molar-refractivity contribution < 1.29 is 9.53 Å². The fourth-order valence-corrected chi connectivity index (χ4v) is 3.85. The van der Waals surface area contributed by atoms with Gasteiger partial charge in [-0.2, -0.15) is 0 Å². The van der Waals surface area contributed by atoms with Crippen LogP contribution in [0.4, 0.5) is 5.95 Å². The molecule has 6 heteroatoms. The summed E-state index contributed by atoms with van der Waals surface area (Å²) in [7, 11) is 1.68. The van der Waals surface area contributed by atoms with Gasteiger partial charge in [0.15, 0.2) is 0 Å². The molecule has 1 amide bonds. The van der Waals surface area contributed by atoms with Crippen LogP contribution in [0.15, 0.2) is 18.5 Å². The van der Waals surface area contributed by atoms with Crippen molar-refractivity contribution in [1.29, 1.82) is 0 Å². The summed E-state index contributed by atoms with van der Waals surface area (Å²) in [6, 6.07) is 1.83. The molecule has 3 rings (SSSR count). The smallest absolute Gasteiger partial charge is 0.228 e. The van der Waals surface area contributed by atoms with Crippen LogP contribution in [0.1, 0.15) is 19.8 Å². The van der Waals surface area contributed by atoms with Crippen LogP contribution in [0.25, 0.3) is 0 Å². The van der Waals surface area contributed by atoms with Gasteiger partial charge in [0.05, 0.1) is 12.5 Å². The fraction of sp³-hybridized carbons (Fsp3) is 0.688. The fourth-order valence-electron chi connectivity index (χ4n) is 3.85. The molecule has 0 bridgehead atoms.